The van der Waals surface area contributed by atoms with E-state index in [4.69, 9.17) is 20.9 Å². The number of rotatable bonds is 5. The van der Waals surface area contributed by atoms with Crippen LogP contribution in [0.5, 0.6) is 0 Å². The number of halogens is 1. The van der Waals surface area contributed by atoms with Crippen molar-refractivity contribution in [1.29, 1.82) is 0 Å². The molecule has 0 fully saturated rings. The molecule has 2 heterocycles. The number of aromatic nitrogens is 2. The van der Waals surface area contributed by atoms with E-state index in [0.29, 0.717) is 10.8 Å². The predicted molar refractivity (Wildman–Crippen MR) is 85.6 cm³/mol. The molecule has 0 radical (unpaired) electrons. The number of nitrogens with zero attached hydrogens (tertiary/aromatic N) is 2. The predicted octanol–water partition coefficient (Wildman–Crippen LogP) is 2.38. The number of benzene rings is 1. The number of hydrogen-bond donors (Lipinski definition) is 0. The van der Waals surface area contributed by atoms with Gasteiger partial charge in [-0.25, -0.2) is 8.42 Å². The molecule has 0 spiro atoms. The van der Waals surface area contributed by atoms with Crippen molar-refractivity contribution in [1.82, 2.24) is 10.1 Å². The minimum absolute atomic E-state index is 0.00604. The fourth-order valence-corrected chi connectivity index (χ4v) is 3.74. The third-order valence-electron chi connectivity index (χ3n) is 3.36. The second kappa shape index (κ2) is 6.74. The zero-order valence-electron chi connectivity index (χ0n) is 12.4. The summed E-state index contributed by atoms with van der Waals surface area (Å²) in [6, 6.07) is 6.90. The molecule has 3 rings (SSSR count). The van der Waals surface area contributed by atoms with Crippen LogP contribution in [0.4, 0.5) is 0 Å². The van der Waals surface area contributed by atoms with Crippen molar-refractivity contribution in [2.45, 2.75) is 13.0 Å². The molecule has 0 aliphatic carbocycles. The summed E-state index contributed by atoms with van der Waals surface area (Å²) in [6.07, 6.45) is 1.50. The molecule has 1 unspecified atom stereocenters. The number of hydrogen-bond acceptors (Lipinski definition) is 7. The first kappa shape index (κ1) is 16.7. The SMILES string of the molecule is O=C(CC1C=CS(=O)(=O)C1)OCc1nc(-c2ccc(Cl)cc2)no1. The molecule has 1 aliphatic heterocycles. The summed E-state index contributed by atoms with van der Waals surface area (Å²) in [7, 11) is -3.18. The molecule has 1 atom stereocenters. The highest BCUT2D eigenvalue weighted by atomic mass is 35.5. The van der Waals surface area contributed by atoms with Crippen LogP contribution in [0.3, 0.4) is 0 Å². The van der Waals surface area contributed by atoms with Crippen LogP contribution in [0.15, 0.2) is 40.3 Å². The van der Waals surface area contributed by atoms with Crippen LogP contribution in [0, 0.1) is 5.92 Å². The first-order valence-corrected chi connectivity index (χ1v) is 9.16. The van der Waals surface area contributed by atoms with E-state index in [1.807, 2.05) is 0 Å². The molecule has 1 aromatic carbocycles. The van der Waals surface area contributed by atoms with Gasteiger partial charge in [-0.3, -0.25) is 4.79 Å². The fourth-order valence-electron chi connectivity index (χ4n) is 2.21. The van der Waals surface area contributed by atoms with Crippen LogP contribution < -0.4 is 0 Å². The average molecular weight is 369 g/mol. The lowest BCUT2D eigenvalue weighted by atomic mass is 10.1. The van der Waals surface area contributed by atoms with Gasteiger partial charge in [0.05, 0.1) is 12.2 Å². The van der Waals surface area contributed by atoms with Crippen LogP contribution in [0.1, 0.15) is 12.3 Å². The lowest BCUT2D eigenvalue weighted by Crippen LogP contribution is -2.13. The summed E-state index contributed by atoms with van der Waals surface area (Å²) in [4.78, 5) is 15.9. The number of allylic oxidation sites excluding steroid dienone is 1. The van der Waals surface area contributed by atoms with Crippen LogP contribution in [-0.4, -0.2) is 30.3 Å². The zero-order chi connectivity index (χ0) is 17.2. The van der Waals surface area contributed by atoms with E-state index in [-0.39, 0.29) is 30.6 Å². The molecular weight excluding hydrogens is 356 g/mol. The second-order valence-corrected chi connectivity index (χ2v) is 7.67. The normalized spacial score (nSPS) is 18.6. The minimum atomic E-state index is -3.18. The molecule has 9 heteroatoms. The Morgan fingerprint density at radius 2 is 2.08 bits per heavy atom. The summed E-state index contributed by atoms with van der Waals surface area (Å²) < 4.78 is 32.6. The molecule has 0 N–H and O–H groups in total. The van der Waals surface area contributed by atoms with Gasteiger partial charge in [0, 0.05) is 21.9 Å². The van der Waals surface area contributed by atoms with Crippen molar-refractivity contribution in [2.75, 3.05) is 5.75 Å². The molecule has 0 saturated carbocycles. The maximum absolute atomic E-state index is 11.7. The molecule has 0 amide bonds. The van der Waals surface area contributed by atoms with Gasteiger partial charge in [-0.15, -0.1) is 0 Å². The standard InChI is InChI=1S/C15H13ClN2O5S/c16-12-3-1-11(2-4-12)15-17-13(23-18-15)8-22-14(19)7-10-5-6-24(20,21)9-10/h1-6,10H,7-9H2. The number of sulfone groups is 1. The Morgan fingerprint density at radius 1 is 1.33 bits per heavy atom. The molecule has 7 nitrogen and oxygen atoms in total. The van der Waals surface area contributed by atoms with E-state index >= 15 is 0 Å². The molecule has 1 aromatic heterocycles. The Kier molecular flexibility index (Phi) is 4.68. The lowest BCUT2D eigenvalue weighted by molar-refractivity contribution is -0.146. The molecule has 24 heavy (non-hydrogen) atoms. The highest BCUT2D eigenvalue weighted by molar-refractivity contribution is 7.94. The summed E-state index contributed by atoms with van der Waals surface area (Å²) >= 11 is 5.81. The summed E-state index contributed by atoms with van der Waals surface area (Å²) in [5.41, 5.74) is 0.724. The number of ether oxygens (including phenoxy) is 1. The van der Waals surface area contributed by atoms with Gasteiger partial charge in [-0.05, 0) is 24.3 Å². The molecule has 126 valence electrons. The van der Waals surface area contributed by atoms with E-state index in [0.717, 1.165) is 11.0 Å². The van der Waals surface area contributed by atoms with Crippen molar-refractivity contribution in [3.8, 4) is 11.4 Å². The van der Waals surface area contributed by atoms with Crippen molar-refractivity contribution < 1.29 is 22.5 Å². The van der Waals surface area contributed by atoms with Gasteiger partial charge in [-0.2, -0.15) is 4.98 Å². The van der Waals surface area contributed by atoms with E-state index in [9.17, 15) is 13.2 Å². The maximum Gasteiger partial charge on any atom is 0.306 e. The average Bonchev–Trinajstić information content (AvgIpc) is 3.12. The fraction of sp³-hybridized carbons (Fsp3) is 0.267. The summed E-state index contributed by atoms with van der Waals surface area (Å²) in [5.74, 6) is -0.420. The van der Waals surface area contributed by atoms with Gasteiger partial charge >= 0.3 is 5.97 Å². The first-order chi connectivity index (χ1) is 11.4. The number of carbonyl (C=O) groups excluding carboxylic acids is 1. The van der Waals surface area contributed by atoms with Crippen LogP contribution >= 0.6 is 11.6 Å². The Morgan fingerprint density at radius 3 is 2.75 bits per heavy atom. The van der Waals surface area contributed by atoms with Crippen molar-refractivity contribution >= 4 is 27.4 Å². The van der Waals surface area contributed by atoms with Gasteiger partial charge in [0.2, 0.25) is 5.82 Å². The van der Waals surface area contributed by atoms with Gasteiger partial charge in [0.25, 0.3) is 5.89 Å². The number of esters is 1. The van der Waals surface area contributed by atoms with Gasteiger partial charge in [-0.1, -0.05) is 22.8 Å². The van der Waals surface area contributed by atoms with E-state index in [1.54, 1.807) is 24.3 Å². The topological polar surface area (TPSA) is 99.4 Å². The third-order valence-corrected chi connectivity index (χ3v) is 5.08. The van der Waals surface area contributed by atoms with Gasteiger partial charge in [0.1, 0.15) is 0 Å². The summed E-state index contributed by atoms with van der Waals surface area (Å²) in [6.45, 7) is -0.164. The number of carbonyl (C=O) groups is 1. The largest absolute Gasteiger partial charge is 0.456 e. The van der Waals surface area contributed by atoms with E-state index in [2.05, 4.69) is 10.1 Å². The quantitative estimate of drug-likeness (QED) is 0.747. The van der Waals surface area contributed by atoms with Gasteiger partial charge in [0.15, 0.2) is 16.4 Å². The Hall–Kier alpha value is -2.19. The maximum atomic E-state index is 11.7. The highest BCUT2D eigenvalue weighted by Crippen LogP contribution is 2.20. The van der Waals surface area contributed by atoms with E-state index < -0.39 is 15.8 Å². The Balaban J connectivity index is 1.53. The zero-order valence-corrected chi connectivity index (χ0v) is 14.0. The highest BCUT2D eigenvalue weighted by Gasteiger charge is 2.24. The van der Waals surface area contributed by atoms with E-state index in [1.165, 1.54) is 6.08 Å². The first-order valence-electron chi connectivity index (χ1n) is 7.06. The molecular formula is C15H13ClN2O5S. The molecule has 1 aliphatic rings. The van der Waals surface area contributed by atoms with Crippen molar-refractivity contribution in [3.63, 3.8) is 0 Å². The molecule has 0 saturated heterocycles. The van der Waals surface area contributed by atoms with Gasteiger partial charge < -0.3 is 9.26 Å². The Bertz CT molecular complexity index is 874. The second-order valence-electron chi connectivity index (χ2n) is 5.30. The van der Waals surface area contributed by atoms with Crippen LogP contribution in [0.2, 0.25) is 5.02 Å². The minimum Gasteiger partial charge on any atom is -0.456 e. The van der Waals surface area contributed by atoms with Crippen molar-refractivity contribution in [3.05, 3.63) is 46.7 Å². The van der Waals surface area contributed by atoms with Crippen LogP contribution in [0.25, 0.3) is 11.4 Å². The Labute approximate surface area is 143 Å². The third kappa shape index (κ3) is 4.21. The smallest absolute Gasteiger partial charge is 0.306 e. The van der Waals surface area contributed by atoms with Crippen molar-refractivity contribution in [2.24, 2.45) is 5.92 Å². The molecule has 2 aromatic rings. The molecule has 0 bridgehead atoms. The lowest BCUT2D eigenvalue weighted by Gasteiger charge is -2.05. The summed E-state index contributed by atoms with van der Waals surface area (Å²) in [5, 5.41) is 5.53. The van der Waals surface area contributed by atoms with Crippen LogP contribution in [-0.2, 0) is 26.0 Å². The monoisotopic (exact) mass is 368 g/mol.